The number of rotatable bonds is 5. The third-order valence-corrected chi connectivity index (χ3v) is 2.80. The average molecular weight is 313 g/mol. The Bertz CT molecular complexity index is 583. The van der Waals surface area contributed by atoms with Crippen molar-refractivity contribution in [2.45, 2.75) is 19.4 Å². The third kappa shape index (κ3) is 4.84. The number of hydrogen-bond donors (Lipinski definition) is 2. The maximum absolute atomic E-state index is 12.8. The minimum Gasteiger partial charge on any atom is -0.351 e. The van der Waals surface area contributed by atoms with E-state index in [2.05, 4.69) is 10.4 Å². The highest BCUT2D eigenvalue weighted by molar-refractivity contribution is 5.92. The fourth-order valence-electron chi connectivity index (χ4n) is 1.69. The standard InChI is InChI=1S/C14H17FN4O.ClH/c1-10(16)6-8-17-14(20)13-7-9-19(18-13)12-4-2-11(15)3-5-12;/h2-5,7,9-10H,6,8,16H2,1H3,(H,17,20);1H. The number of nitrogens with zero attached hydrogens (tertiary/aromatic N) is 2. The van der Waals surface area contributed by atoms with E-state index in [-0.39, 0.29) is 30.2 Å². The molecule has 2 aromatic rings. The topological polar surface area (TPSA) is 72.9 Å². The summed E-state index contributed by atoms with van der Waals surface area (Å²) in [6.45, 7) is 2.40. The van der Waals surface area contributed by atoms with Crippen LogP contribution < -0.4 is 11.1 Å². The van der Waals surface area contributed by atoms with Gasteiger partial charge in [0.25, 0.3) is 5.91 Å². The van der Waals surface area contributed by atoms with Crippen molar-refractivity contribution in [2.24, 2.45) is 5.73 Å². The van der Waals surface area contributed by atoms with Crippen LogP contribution in [0.3, 0.4) is 0 Å². The van der Waals surface area contributed by atoms with Crippen LogP contribution in [-0.2, 0) is 0 Å². The minimum atomic E-state index is -0.310. The Kier molecular flexibility index (Phi) is 6.33. The molecule has 0 fully saturated rings. The van der Waals surface area contributed by atoms with Crippen LogP contribution in [0.25, 0.3) is 5.69 Å². The lowest BCUT2D eigenvalue weighted by Gasteiger charge is -2.05. The number of benzene rings is 1. The Morgan fingerprint density at radius 1 is 1.38 bits per heavy atom. The highest BCUT2D eigenvalue weighted by Gasteiger charge is 2.09. The summed E-state index contributed by atoms with van der Waals surface area (Å²) in [7, 11) is 0. The molecule has 21 heavy (non-hydrogen) atoms. The molecule has 0 bridgehead atoms. The number of aromatic nitrogens is 2. The molecule has 1 heterocycles. The van der Waals surface area contributed by atoms with Gasteiger partial charge in [-0.3, -0.25) is 4.79 Å². The summed E-state index contributed by atoms with van der Waals surface area (Å²) in [5.41, 5.74) is 6.62. The quantitative estimate of drug-likeness (QED) is 0.885. The number of amides is 1. The van der Waals surface area contributed by atoms with Crippen molar-refractivity contribution in [3.63, 3.8) is 0 Å². The summed E-state index contributed by atoms with van der Waals surface area (Å²) < 4.78 is 14.4. The highest BCUT2D eigenvalue weighted by Crippen LogP contribution is 2.08. The lowest BCUT2D eigenvalue weighted by atomic mass is 10.2. The van der Waals surface area contributed by atoms with Crippen LogP contribution in [0.5, 0.6) is 0 Å². The number of halogens is 2. The van der Waals surface area contributed by atoms with Gasteiger partial charge < -0.3 is 11.1 Å². The lowest BCUT2D eigenvalue weighted by molar-refractivity contribution is 0.0947. The fourth-order valence-corrected chi connectivity index (χ4v) is 1.69. The molecule has 0 spiro atoms. The van der Waals surface area contributed by atoms with Crippen molar-refractivity contribution in [3.05, 3.63) is 48.0 Å². The van der Waals surface area contributed by atoms with Crippen LogP contribution in [0.2, 0.25) is 0 Å². The molecule has 0 saturated heterocycles. The van der Waals surface area contributed by atoms with E-state index in [1.165, 1.54) is 16.8 Å². The number of carbonyl (C=O) groups is 1. The molecule has 3 N–H and O–H groups in total. The Balaban J connectivity index is 0.00000220. The van der Waals surface area contributed by atoms with Gasteiger partial charge in [0.1, 0.15) is 5.82 Å². The summed E-state index contributed by atoms with van der Waals surface area (Å²) in [6.07, 6.45) is 2.37. The maximum Gasteiger partial charge on any atom is 0.271 e. The minimum absolute atomic E-state index is 0. The van der Waals surface area contributed by atoms with Crippen LogP contribution in [0, 0.1) is 5.82 Å². The molecule has 1 aromatic carbocycles. The van der Waals surface area contributed by atoms with Gasteiger partial charge in [-0.1, -0.05) is 0 Å². The van der Waals surface area contributed by atoms with E-state index in [1.807, 2.05) is 6.92 Å². The molecule has 1 atom stereocenters. The van der Waals surface area contributed by atoms with E-state index in [0.717, 1.165) is 0 Å². The van der Waals surface area contributed by atoms with Crippen molar-refractivity contribution in [2.75, 3.05) is 6.54 Å². The Labute approximate surface area is 128 Å². The van der Waals surface area contributed by atoms with Gasteiger partial charge in [0.2, 0.25) is 0 Å². The Morgan fingerprint density at radius 3 is 2.67 bits per heavy atom. The number of hydrogen-bond acceptors (Lipinski definition) is 3. The maximum atomic E-state index is 12.8. The van der Waals surface area contributed by atoms with Gasteiger partial charge in [0.05, 0.1) is 5.69 Å². The molecule has 0 aliphatic carbocycles. The third-order valence-electron chi connectivity index (χ3n) is 2.80. The van der Waals surface area contributed by atoms with Crippen molar-refractivity contribution in [3.8, 4) is 5.69 Å². The van der Waals surface area contributed by atoms with Crippen molar-refractivity contribution < 1.29 is 9.18 Å². The highest BCUT2D eigenvalue weighted by atomic mass is 35.5. The molecule has 0 radical (unpaired) electrons. The predicted octanol–water partition coefficient (Wildman–Crippen LogP) is 1.90. The number of nitrogens with two attached hydrogens (primary N) is 1. The molecule has 0 saturated carbocycles. The van der Waals surface area contributed by atoms with Gasteiger partial charge >= 0.3 is 0 Å². The monoisotopic (exact) mass is 312 g/mol. The molecule has 114 valence electrons. The second-order valence-corrected chi connectivity index (χ2v) is 4.64. The largest absolute Gasteiger partial charge is 0.351 e. The zero-order valence-corrected chi connectivity index (χ0v) is 12.4. The zero-order valence-electron chi connectivity index (χ0n) is 11.6. The first-order valence-electron chi connectivity index (χ1n) is 6.41. The van der Waals surface area contributed by atoms with E-state index in [1.54, 1.807) is 24.4 Å². The van der Waals surface area contributed by atoms with E-state index >= 15 is 0 Å². The fraction of sp³-hybridized carbons (Fsp3) is 0.286. The predicted molar refractivity (Wildman–Crippen MR) is 81.4 cm³/mol. The van der Waals surface area contributed by atoms with Crippen molar-refractivity contribution in [1.29, 1.82) is 0 Å². The molecule has 0 aliphatic rings. The Hall–Kier alpha value is -1.92. The second-order valence-electron chi connectivity index (χ2n) is 4.64. The summed E-state index contributed by atoms with van der Waals surface area (Å²) >= 11 is 0. The number of nitrogens with one attached hydrogen (secondary N) is 1. The van der Waals surface area contributed by atoms with Crippen LogP contribution in [0.15, 0.2) is 36.5 Å². The van der Waals surface area contributed by atoms with E-state index < -0.39 is 0 Å². The van der Waals surface area contributed by atoms with E-state index in [0.29, 0.717) is 24.3 Å². The normalized spacial score (nSPS) is 11.6. The van der Waals surface area contributed by atoms with Gasteiger partial charge in [-0.05, 0) is 43.7 Å². The van der Waals surface area contributed by atoms with Gasteiger partial charge in [0, 0.05) is 18.8 Å². The molecule has 1 unspecified atom stereocenters. The van der Waals surface area contributed by atoms with Crippen LogP contribution in [0.1, 0.15) is 23.8 Å². The molecule has 1 aromatic heterocycles. The summed E-state index contributed by atoms with van der Waals surface area (Å²) in [5, 5.41) is 6.91. The smallest absolute Gasteiger partial charge is 0.271 e. The molecular weight excluding hydrogens is 295 g/mol. The van der Waals surface area contributed by atoms with E-state index in [9.17, 15) is 9.18 Å². The van der Waals surface area contributed by atoms with Crippen LogP contribution in [-0.4, -0.2) is 28.3 Å². The van der Waals surface area contributed by atoms with Gasteiger partial charge in [-0.15, -0.1) is 12.4 Å². The molecule has 7 heteroatoms. The van der Waals surface area contributed by atoms with Crippen molar-refractivity contribution in [1.82, 2.24) is 15.1 Å². The SMILES string of the molecule is CC(N)CCNC(=O)c1ccn(-c2ccc(F)cc2)n1.Cl. The molecular formula is C14H18ClFN4O. The van der Waals surface area contributed by atoms with Crippen LogP contribution in [0.4, 0.5) is 4.39 Å². The van der Waals surface area contributed by atoms with Gasteiger partial charge in [0.15, 0.2) is 5.69 Å². The summed E-state index contributed by atoms with van der Waals surface area (Å²) in [4.78, 5) is 11.8. The molecule has 5 nitrogen and oxygen atoms in total. The van der Waals surface area contributed by atoms with Gasteiger partial charge in [-0.25, -0.2) is 9.07 Å². The first-order valence-corrected chi connectivity index (χ1v) is 6.41. The number of carbonyl (C=O) groups excluding carboxylic acids is 1. The average Bonchev–Trinajstić information content (AvgIpc) is 2.88. The summed E-state index contributed by atoms with van der Waals surface area (Å²) in [6, 6.07) is 7.55. The first kappa shape index (κ1) is 17.1. The van der Waals surface area contributed by atoms with Gasteiger partial charge in [-0.2, -0.15) is 5.10 Å². The summed E-state index contributed by atoms with van der Waals surface area (Å²) in [5.74, 6) is -0.554. The molecule has 2 rings (SSSR count). The first-order chi connectivity index (χ1) is 9.56. The zero-order chi connectivity index (χ0) is 14.5. The second kappa shape index (κ2) is 7.75. The molecule has 0 aliphatic heterocycles. The van der Waals surface area contributed by atoms with E-state index in [4.69, 9.17) is 5.73 Å². The van der Waals surface area contributed by atoms with Crippen molar-refractivity contribution >= 4 is 18.3 Å². The Morgan fingerprint density at radius 2 is 2.05 bits per heavy atom. The van der Waals surface area contributed by atoms with Crippen LogP contribution >= 0.6 is 12.4 Å². The molecule has 1 amide bonds. The lowest BCUT2D eigenvalue weighted by Crippen LogP contribution is -2.29.